The van der Waals surface area contributed by atoms with Gasteiger partial charge in [0.15, 0.2) is 0 Å². The summed E-state index contributed by atoms with van der Waals surface area (Å²) >= 11 is 0. The molecule has 4 rings (SSSR count). The highest BCUT2D eigenvalue weighted by Gasteiger charge is 2.46. The van der Waals surface area contributed by atoms with Gasteiger partial charge in [-0.05, 0) is 43.9 Å². The number of hydrogen-bond donors (Lipinski definition) is 2. The van der Waals surface area contributed by atoms with Crippen molar-refractivity contribution in [3.8, 4) is 0 Å². The molecule has 1 aromatic rings. The number of benzene rings is 1. The second-order valence-corrected chi connectivity index (χ2v) is 7.61. The Balaban J connectivity index is 1.32. The molecule has 2 N–H and O–H groups in total. The Morgan fingerprint density at radius 1 is 1.04 bits per heavy atom. The summed E-state index contributed by atoms with van der Waals surface area (Å²) in [7, 11) is 0. The maximum absolute atomic E-state index is 12.4. The van der Waals surface area contributed by atoms with Crippen molar-refractivity contribution < 1.29 is 19.2 Å². The van der Waals surface area contributed by atoms with Gasteiger partial charge in [0.25, 0.3) is 5.91 Å². The minimum atomic E-state index is -0.298. The van der Waals surface area contributed by atoms with Crippen LogP contribution in [0.1, 0.15) is 42.5 Å². The lowest BCUT2D eigenvalue weighted by atomic mass is 9.85. The molecule has 1 saturated heterocycles. The van der Waals surface area contributed by atoms with E-state index >= 15 is 0 Å². The van der Waals surface area contributed by atoms with Crippen molar-refractivity contribution in [3.05, 3.63) is 42.0 Å². The highest BCUT2D eigenvalue weighted by molar-refractivity contribution is 6.06. The number of allylic oxidation sites excluding steroid dienone is 2. The van der Waals surface area contributed by atoms with Gasteiger partial charge in [0.1, 0.15) is 0 Å². The highest BCUT2D eigenvalue weighted by atomic mass is 16.2. The summed E-state index contributed by atoms with van der Waals surface area (Å²) in [6, 6.07) is 7.01. The number of amides is 4. The van der Waals surface area contributed by atoms with Crippen LogP contribution in [-0.4, -0.2) is 41.1 Å². The molecule has 0 aromatic heterocycles. The molecule has 1 saturated carbocycles. The average molecular weight is 381 g/mol. The smallest absolute Gasteiger partial charge is 0.251 e. The van der Waals surface area contributed by atoms with Gasteiger partial charge in [-0.25, -0.2) is 0 Å². The van der Waals surface area contributed by atoms with Gasteiger partial charge in [0.05, 0.1) is 11.8 Å². The zero-order valence-electron chi connectivity index (χ0n) is 15.5. The summed E-state index contributed by atoms with van der Waals surface area (Å²) in [4.78, 5) is 50.5. The topological polar surface area (TPSA) is 95.6 Å². The number of nitrogens with zero attached hydrogens (tertiary/aromatic N) is 1. The van der Waals surface area contributed by atoms with E-state index < -0.39 is 0 Å². The Morgan fingerprint density at radius 3 is 2.36 bits per heavy atom. The molecule has 2 aliphatic carbocycles. The molecule has 1 heterocycles. The molecule has 2 fully saturated rings. The summed E-state index contributed by atoms with van der Waals surface area (Å²) in [6.45, 7) is 0.0817. The summed E-state index contributed by atoms with van der Waals surface area (Å²) < 4.78 is 0. The van der Waals surface area contributed by atoms with Crippen molar-refractivity contribution in [2.75, 3.05) is 11.9 Å². The lowest BCUT2D eigenvalue weighted by Crippen LogP contribution is -2.34. The van der Waals surface area contributed by atoms with E-state index in [9.17, 15) is 19.2 Å². The van der Waals surface area contributed by atoms with Crippen molar-refractivity contribution in [3.63, 3.8) is 0 Å². The first-order valence-corrected chi connectivity index (χ1v) is 9.74. The fraction of sp³-hybridized carbons (Fsp3) is 0.429. The van der Waals surface area contributed by atoms with E-state index in [0.29, 0.717) is 24.1 Å². The molecule has 2 atom stereocenters. The van der Waals surface area contributed by atoms with Gasteiger partial charge in [-0.15, -0.1) is 0 Å². The molecular formula is C21H23N3O4. The molecule has 0 unspecified atom stereocenters. The minimum Gasteiger partial charge on any atom is -0.349 e. The Kier molecular flexibility index (Phi) is 4.98. The van der Waals surface area contributed by atoms with Crippen LogP contribution in [0.2, 0.25) is 0 Å². The molecule has 3 aliphatic rings. The van der Waals surface area contributed by atoms with Crippen LogP contribution < -0.4 is 10.6 Å². The predicted molar refractivity (Wildman–Crippen MR) is 102 cm³/mol. The van der Waals surface area contributed by atoms with Crippen LogP contribution in [0.4, 0.5) is 5.69 Å². The van der Waals surface area contributed by atoms with E-state index in [1.807, 2.05) is 12.2 Å². The molecule has 28 heavy (non-hydrogen) atoms. The van der Waals surface area contributed by atoms with Crippen LogP contribution in [0, 0.1) is 11.8 Å². The zero-order valence-corrected chi connectivity index (χ0v) is 15.5. The number of nitrogens with one attached hydrogen (secondary N) is 2. The molecule has 7 heteroatoms. The second-order valence-electron chi connectivity index (χ2n) is 7.61. The monoisotopic (exact) mass is 381 g/mol. The van der Waals surface area contributed by atoms with Crippen LogP contribution in [-0.2, 0) is 14.4 Å². The quantitative estimate of drug-likeness (QED) is 0.581. The van der Waals surface area contributed by atoms with Crippen molar-refractivity contribution in [2.45, 2.75) is 38.1 Å². The fourth-order valence-electron chi connectivity index (χ4n) is 3.76. The average Bonchev–Trinajstić information content (AvgIpc) is 3.48. The van der Waals surface area contributed by atoms with Crippen molar-refractivity contribution in [2.24, 2.45) is 11.8 Å². The number of carbonyl (C=O) groups is 4. The molecule has 4 amide bonds. The maximum atomic E-state index is 12.4. The molecule has 0 radical (unpaired) electrons. The first kappa shape index (κ1) is 18.4. The first-order valence-electron chi connectivity index (χ1n) is 9.74. The van der Waals surface area contributed by atoms with Crippen LogP contribution in [0.25, 0.3) is 0 Å². The summed E-state index contributed by atoms with van der Waals surface area (Å²) in [5.41, 5.74) is 1.01. The molecule has 146 valence electrons. The molecule has 0 bridgehead atoms. The Morgan fingerprint density at radius 2 is 1.71 bits per heavy atom. The van der Waals surface area contributed by atoms with E-state index in [4.69, 9.17) is 0 Å². The van der Waals surface area contributed by atoms with Crippen LogP contribution in [0.15, 0.2) is 36.4 Å². The van der Waals surface area contributed by atoms with E-state index in [1.165, 1.54) is 4.90 Å². The minimum absolute atomic E-state index is 0.0306. The zero-order chi connectivity index (χ0) is 19.7. The number of hydrogen-bond acceptors (Lipinski definition) is 4. The van der Waals surface area contributed by atoms with Gasteiger partial charge in [0, 0.05) is 30.3 Å². The summed E-state index contributed by atoms with van der Waals surface area (Å²) in [5.74, 6) is -1.35. The largest absolute Gasteiger partial charge is 0.349 e. The van der Waals surface area contributed by atoms with Crippen molar-refractivity contribution in [1.82, 2.24) is 10.2 Å². The van der Waals surface area contributed by atoms with Crippen molar-refractivity contribution in [1.29, 1.82) is 0 Å². The summed E-state index contributed by atoms with van der Waals surface area (Å²) in [6.07, 6.45) is 7.11. The van der Waals surface area contributed by atoms with Gasteiger partial charge in [-0.2, -0.15) is 0 Å². The lowest BCUT2D eigenvalue weighted by molar-refractivity contribution is -0.140. The maximum Gasteiger partial charge on any atom is 0.251 e. The standard InChI is InChI=1S/C21H23N3O4/c25-18(10-11-24-20(27)16-6-1-2-7-17(16)21(24)28)22-15-5-3-4-13(12-15)19(26)23-14-8-9-14/h1-5,12,14,16-17H,6-11H2,(H,22,25)(H,23,26)/t16-,17+. The van der Waals surface area contributed by atoms with Crippen LogP contribution in [0.5, 0.6) is 0 Å². The van der Waals surface area contributed by atoms with Crippen molar-refractivity contribution >= 4 is 29.3 Å². The predicted octanol–water partition coefficient (Wildman–Crippen LogP) is 1.86. The fourth-order valence-corrected chi connectivity index (χ4v) is 3.76. The molecule has 1 aliphatic heterocycles. The molecule has 1 aromatic carbocycles. The number of rotatable bonds is 6. The van der Waals surface area contributed by atoms with E-state index in [2.05, 4.69) is 10.6 Å². The Labute approximate surface area is 163 Å². The SMILES string of the molecule is O=C(CCN1C(=O)[C@H]2CC=CC[C@H]2C1=O)Nc1cccc(C(=O)NC2CC2)c1. The van der Waals surface area contributed by atoms with Gasteiger partial charge in [-0.3, -0.25) is 24.1 Å². The first-order chi connectivity index (χ1) is 13.5. The van der Waals surface area contributed by atoms with E-state index in [0.717, 1.165) is 12.8 Å². The van der Waals surface area contributed by atoms with Gasteiger partial charge in [0.2, 0.25) is 17.7 Å². The normalized spacial score (nSPS) is 23.5. The number of anilines is 1. The lowest BCUT2D eigenvalue weighted by Gasteiger charge is -2.14. The Bertz CT molecular complexity index is 833. The van der Waals surface area contributed by atoms with E-state index in [-0.39, 0.29) is 54.5 Å². The number of likely N-dealkylation sites (tertiary alicyclic amines) is 1. The molecular weight excluding hydrogens is 358 g/mol. The second kappa shape index (κ2) is 7.58. The molecule has 7 nitrogen and oxygen atoms in total. The Hall–Kier alpha value is -2.96. The third-order valence-corrected chi connectivity index (χ3v) is 5.48. The van der Waals surface area contributed by atoms with Gasteiger partial charge < -0.3 is 10.6 Å². The van der Waals surface area contributed by atoms with Crippen LogP contribution in [0.3, 0.4) is 0 Å². The number of imide groups is 1. The molecule has 0 spiro atoms. The van der Waals surface area contributed by atoms with Gasteiger partial charge in [-0.1, -0.05) is 18.2 Å². The summed E-state index contributed by atoms with van der Waals surface area (Å²) in [5, 5.41) is 5.65. The highest BCUT2D eigenvalue weighted by Crippen LogP contribution is 2.35. The third kappa shape index (κ3) is 3.83. The third-order valence-electron chi connectivity index (χ3n) is 5.48. The number of carbonyl (C=O) groups excluding carboxylic acids is 4. The van der Waals surface area contributed by atoms with E-state index in [1.54, 1.807) is 24.3 Å². The van der Waals surface area contributed by atoms with Crippen LogP contribution >= 0.6 is 0 Å². The van der Waals surface area contributed by atoms with Gasteiger partial charge >= 0.3 is 0 Å². The number of fused-ring (bicyclic) bond motifs is 1.